The lowest BCUT2D eigenvalue weighted by Crippen LogP contribution is -2.40. The number of amides is 1. The number of carbonyl (C=O) groups is 2. The number of benzene rings is 1. The first-order valence-electron chi connectivity index (χ1n) is 7.93. The topological polar surface area (TPSA) is 46.6 Å². The average molecular weight is 303 g/mol. The number of likely N-dealkylation sites (tertiary alicyclic amines) is 1. The van der Waals surface area contributed by atoms with E-state index in [0.29, 0.717) is 32.4 Å². The molecule has 2 rings (SSSR count). The molecule has 22 heavy (non-hydrogen) atoms. The van der Waals surface area contributed by atoms with Crippen LogP contribution in [0.15, 0.2) is 18.2 Å². The van der Waals surface area contributed by atoms with E-state index in [0.717, 1.165) is 6.42 Å². The van der Waals surface area contributed by atoms with Gasteiger partial charge in [-0.1, -0.05) is 18.2 Å². The molecule has 0 saturated carbocycles. The van der Waals surface area contributed by atoms with Gasteiger partial charge < -0.3 is 9.64 Å². The zero-order valence-electron chi connectivity index (χ0n) is 13.7. The Hall–Kier alpha value is -1.84. The summed E-state index contributed by atoms with van der Waals surface area (Å²) in [6.45, 7) is 5.50. The number of piperidine rings is 1. The van der Waals surface area contributed by atoms with Gasteiger partial charge in [0, 0.05) is 19.5 Å². The molecule has 0 aromatic heterocycles. The molecule has 0 atom stereocenters. The maximum absolute atomic E-state index is 12.3. The van der Waals surface area contributed by atoms with E-state index in [1.807, 2.05) is 4.90 Å². The minimum atomic E-state index is -0.151. The highest BCUT2D eigenvalue weighted by atomic mass is 16.5. The number of nitrogens with zero attached hydrogens (tertiary/aromatic N) is 1. The third-order valence-corrected chi connectivity index (χ3v) is 4.58. The lowest BCUT2D eigenvalue weighted by atomic mass is 9.96. The van der Waals surface area contributed by atoms with Gasteiger partial charge in [0.15, 0.2) is 0 Å². The van der Waals surface area contributed by atoms with Gasteiger partial charge in [-0.25, -0.2) is 0 Å². The van der Waals surface area contributed by atoms with Gasteiger partial charge in [0.05, 0.1) is 13.0 Å². The van der Waals surface area contributed by atoms with Crippen molar-refractivity contribution >= 4 is 11.9 Å². The van der Waals surface area contributed by atoms with E-state index >= 15 is 0 Å². The predicted octanol–water partition coefficient (Wildman–Crippen LogP) is 2.65. The second kappa shape index (κ2) is 7.43. The molecule has 1 aromatic carbocycles. The quantitative estimate of drug-likeness (QED) is 0.803. The van der Waals surface area contributed by atoms with E-state index in [-0.39, 0.29) is 17.8 Å². The predicted molar refractivity (Wildman–Crippen MR) is 85.6 cm³/mol. The minimum Gasteiger partial charge on any atom is -0.469 e. The van der Waals surface area contributed by atoms with Crippen LogP contribution in [-0.2, 0) is 20.7 Å². The fraction of sp³-hybridized carbons (Fsp3) is 0.556. The number of esters is 1. The maximum atomic E-state index is 12.3. The summed E-state index contributed by atoms with van der Waals surface area (Å²) in [5.41, 5.74) is 3.75. The zero-order chi connectivity index (χ0) is 16.1. The molecular weight excluding hydrogens is 278 g/mol. The van der Waals surface area contributed by atoms with Crippen LogP contribution in [0.3, 0.4) is 0 Å². The smallest absolute Gasteiger partial charge is 0.308 e. The monoisotopic (exact) mass is 303 g/mol. The molecule has 1 heterocycles. The molecule has 1 saturated heterocycles. The number of carbonyl (C=O) groups excluding carboxylic acids is 2. The fourth-order valence-electron chi connectivity index (χ4n) is 2.90. The normalized spacial score (nSPS) is 15.7. The van der Waals surface area contributed by atoms with E-state index in [4.69, 9.17) is 4.74 Å². The van der Waals surface area contributed by atoms with Gasteiger partial charge in [-0.2, -0.15) is 0 Å². The third-order valence-electron chi connectivity index (χ3n) is 4.58. The van der Waals surface area contributed by atoms with Crippen LogP contribution in [0.2, 0.25) is 0 Å². The molecule has 0 bridgehead atoms. The van der Waals surface area contributed by atoms with Crippen molar-refractivity contribution in [1.82, 2.24) is 4.90 Å². The van der Waals surface area contributed by atoms with Crippen LogP contribution in [0.5, 0.6) is 0 Å². The van der Waals surface area contributed by atoms with Crippen molar-refractivity contribution in [2.75, 3.05) is 20.2 Å². The second-order valence-corrected chi connectivity index (χ2v) is 6.10. The highest BCUT2D eigenvalue weighted by molar-refractivity contribution is 5.77. The van der Waals surface area contributed by atoms with Crippen LogP contribution < -0.4 is 0 Å². The summed E-state index contributed by atoms with van der Waals surface area (Å²) in [5, 5.41) is 0. The Morgan fingerprint density at radius 2 is 1.86 bits per heavy atom. The molecule has 1 aromatic rings. The molecule has 120 valence electrons. The Bertz CT molecular complexity index is 545. The first kappa shape index (κ1) is 16.5. The van der Waals surface area contributed by atoms with Gasteiger partial charge in [0.1, 0.15) is 0 Å². The molecule has 4 heteroatoms. The molecule has 0 spiro atoms. The Kier molecular flexibility index (Phi) is 5.58. The summed E-state index contributed by atoms with van der Waals surface area (Å²) >= 11 is 0. The molecule has 4 nitrogen and oxygen atoms in total. The number of ether oxygens (including phenoxy) is 1. The highest BCUT2D eigenvalue weighted by Gasteiger charge is 2.27. The van der Waals surface area contributed by atoms with Gasteiger partial charge in [0.25, 0.3) is 0 Å². The summed E-state index contributed by atoms with van der Waals surface area (Å²) in [5.74, 6) is -0.0161. The molecule has 0 N–H and O–H groups in total. The summed E-state index contributed by atoms with van der Waals surface area (Å²) in [7, 11) is 1.42. The molecule has 0 unspecified atom stereocenters. The van der Waals surface area contributed by atoms with E-state index < -0.39 is 0 Å². The number of hydrogen-bond donors (Lipinski definition) is 0. The molecule has 0 radical (unpaired) electrons. The molecule has 1 aliphatic rings. The van der Waals surface area contributed by atoms with Crippen molar-refractivity contribution in [1.29, 1.82) is 0 Å². The fourth-order valence-corrected chi connectivity index (χ4v) is 2.90. The Morgan fingerprint density at radius 3 is 2.45 bits per heavy atom. The lowest BCUT2D eigenvalue weighted by molar-refractivity contribution is -0.148. The van der Waals surface area contributed by atoms with Crippen molar-refractivity contribution in [2.45, 2.75) is 39.5 Å². The van der Waals surface area contributed by atoms with Gasteiger partial charge in [-0.15, -0.1) is 0 Å². The van der Waals surface area contributed by atoms with Gasteiger partial charge in [-0.3, -0.25) is 9.59 Å². The van der Waals surface area contributed by atoms with Crippen LogP contribution in [0.1, 0.15) is 36.0 Å². The summed E-state index contributed by atoms with van der Waals surface area (Å²) in [4.78, 5) is 25.6. The first-order valence-corrected chi connectivity index (χ1v) is 7.93. The summed E-state index contributed by atoms with van der Waals surface area (Å²) < 4.78 is 4.77. The van der Waals surface area contributed by atoms with Crippen LogP contribution in [0.25, 0.3) is 0 Å². The minimum absolute atomic E-state index is 0.0474. The summed E-state index contributed by atoms with van der Waals surface area (Å²) in [6, 6.07) is 6.36. The van der Waals surface area contributed by atoms with E-state index in [1.165, 1.54) is 23.8 Å². The van der Waals surface area contributed by atoms with Gasteiger partial charge >= 0.3 is 5.97 Å². The molecule has 0 aliphatic carbocycles. The van der Waals surface area contributed by atoms with Crippen LogP contribution in [0, 0.1) is 19.8 Å². The maximum Gasteiger partial charge on any atom is 0.308 e. The molecular formula is C18H25NO3. The van der Waals surface area contributed by atoms with Crippen LogP contribution in [0.4, 0.5) is 0 Å². The molecule has 1 fully saturated rings. The number of rotatable bonds is 4. The standard InChI is InChI=1S/C18H25NO3/c1-13-4-5-15(12-14(13)2)6-7-17(20)19-10-8-16(9-11-19)18(21)22-3/h4-5,12,16H,6-11H2,1-3H3. The Labute approximate surface area is 132 Å². The third kappa shape index (κ3) is 4.09. The first-order chi connectivity index (χ1) is 10.5. The number of hydrogen-bond acceptors (Lipinski definition) is 3. The highest BCUT2D eigenvalue weighted by Crippen LogP contribution is 2.19. The molecule has 1 amide bonds. The van der Waals surface area contributed by atoms with Gasteiger partial charge in [0.2, 0.25) is 5.91 Å². The van der Waals surface area contributed by atoms with Crippen molar-refractivity contribution in [3.8, 4) is 0 Å². The number of methoxy groups -OCH3 is 1. The largest absolute Gasteiger partial charge is 0.469 e. The Morgan fingerprint density at radius 1 is 1.18 bits per heavy atom. The van der Waals surface area contributed by atoms with Crippen molar-refractivity contribution < 1.29 is 14.3 Å². The Balaban J connectivity index is 1.81. The van der Waals surface area contributed by atoms with E-state index in [9.17, 15) is 9.59 Å². The average Bonchev–Trinajstić information content (AvgIpc) is 2.55. The lowest BCUT2D eigenvalue weighted by Gasteiger charge is -2.30. The van der Waals surface area contributed by atoms with Crippen molar-refractivity contribution in [2.24, 2.45) is 5.92 Å². The SMILES string of the molecule is COC(=O)C1CCN(C(=O)CCc2ccc(C)c(C)c2)CC1. The van der Waals surface area contributed by atoms with E-state index in [1.54, 1.807) is 0 Å². The van der Waals surface area contributed by atoms with Gasteiger partial charge in [-0.05, 0) is 49.8 Å². The zero-order valence-corrected chi connectivity index (χ0v) is 13.7. The van der Waals surface area contributed by atoms with E-state index in [2.05, 4.69) is 32.0 Å². The van der Waals surface area contributed by atoms with Crippen LogP contribution in [-0.4, -0.2) is 37.0 Å². The molecule has 1 aliphatic heterocycles. The number of aryl methyl sites for hydroxylation is 3. The van der Waals surface area contributed by atoms with Crippen LogP contribution >= 0.6 is 0 Å². The van der Waals surface area contributed by atoms with Crippen molar-refractivity contribution in [3.05, 3.63) is 34.9 Å². The second-order valence-electron chi connectivity index (χ2n) is 6.10. The summed E-state index contributed by atoms with van der Waals surface area (Å²) in [6.07, 6.45) is 2.73. The van der Waals surface area contributed by atoms with Crippen molar-refractivity contribution in [3.63, 3.8) is 0 Å².